The first-order valence-electron chi connectivity index (χ1n) is 6.13. The summed E-state index contributed by atoms with van der Waals surface area (Å²) in [6.45, 7) is 1.55. The van der Waals surface area contributed by atoms with Gasteiger partial charge in [-0.15, -0.1) is 0 Å². The summed E-state index contributed by atoms with van der Waals surface area (Å²) in [5.41, 5.74) is 6.62. The third-order valence-electron chi connectivity index (χ3n) is 3.19. The highest BCUT2D eigenvalue weighted by Crippen LogP contribution is 2.23. The first-order valence-corrected chi connectivity index (χ1v) is 6.13. The van der Waals surface area contributed by atoms with Gasteiger partial charge in [0.05, 0.1) is 6.61 Å². The number of nitrogens with two attached hydrogens (primary N) is 1. The van der Waals surface area contributed by atoms with E-state index >= 15 is 0 Å². The molecule has 2 rings (SSSR count). The summed E-state index contributed by atoms with van der Waals surface area (Å²) in [5.74, 6) is 1.34. The van der Waals surface area contributed by atoms with E-state index in [1.165, 1.54) is 32.1 Å². The fourth-order valence-electron chi connectivity index (χ4n) is 2.22. The fraction of sp³-hybridized carbons (Fsp3) is 0.615. The Hall–Kier alpha value is -1.09. The van der Waals surface area contributed by atoms with Gasteiger partial charge in [0, 0.05) is 12.8 Å². The molecule has 0 bridgehead atoms. The first kappa shape index (κ1) is 11.4. The average molecular weight is 220 g/mol. The normalized spacial score (nSPS) is 17.5. The molecule has 3 nitrogen and oxygen atoms in total. The minimum Gasteiger partial charge on any atom is -0.384 e. The van der Waals surface area contributed by atoms with Crippen LogP contribution in [-0.4, -0.2) is 11.6 Å². The van der Waals surface area contributed by atoms with Crippen LogP contribution in [0.15, 0.2) is 18.3 Å². The zero-order valence-corrected chi connectivity index (χ0v) is 9.69. The highest BCUT2D eigenvalue weighted by molar-refractivity contribution is 5.28. The number of ether oxygens (including phenoxy) is 1. The Morgan fingerprint density at radius 2 is 2.06 bits per heavy atom. The van der Waals surface area contributed by atoms with Crippen molar-refractivity contribution < 1.29 is 4.74 Å². The maximum absolute atomic E-state index is 5.72. The van der Waals surface area contributed by atoms with Gasteiger partial charge in [0.25, 0.3) is 0 Å². The molecule has 0 amide bonds. The standard InChI is InChI=1S/C13H20N2O/c14-13-7-6-12(8-15-13)10-16-9-11-4-2-1-3-5-11/h6-8,11H,1-5,9-10H2,(H2,14,15). The molecule has 1 heterocycles. The van der Waals surface area contributed by atoms with Gasteiger partial charge in [-0.2, -0.15) is 0 Å². The lowest BCUT2D eigenvalue weighted by Crippen LogP contribution is -2.13. The summed E-state index contributed by atoms with van der Waals surface area (Å²) in [4.78, 5) is 4.04. The number of hydrogen-bond acceptors (Lipinski definition) is 3. The SMILES string of the molecule is Nc1ccc(COCC2CCCCC2)cn1. The van der Waals surface area contributed by atoms with Gasteiger partial charge in [-0.25, -0.2) is 4.98 Å². The van der Waals surface area contributed by atoms with Crippen molar-refractivity contribution >= 4 is 5.82 Å². The average Bonchev–Trinajstić information content (AvgIpc) is 2.33. The summed E-state index contributed by atoms with van der Waals surface area (Å²) in [6.07, 6.45) is 8.60. The summed E-state index contributed by atoms with van der Waals surface area (Å²) >= 11 is 0. The molecule has 1 aliphatic carbocycles. The number of anilines is 1. The van der Waals surface area contributed by atoms with Crippen LogP contribution in [0.3, 0.4) is 0 Å². The molecule has 0 aromatic carbocycles. The van der Waals surface area contributed by atoms with E-state index in [2.05, 4.69) is 4.98 Å². The topological polar surface area (TPSA) is 48.1 Å². The van der Waals surface area contributed by atoms with Gasteiger partial charge in [-0.1, -0.05) is 25.3 Å². The van der Waals surface area contributed by atoms with Crippen molar-refractivity contribution in [2.45, 2.75) is 38.7 Å². The lowest BCUT2D eigenvalue weighted by atomic mass is 9.90. The molecule has 0 aliphatic heterocycles. The van der Waals surface area contributed by atoms with Gasteiger partial charge < -0.3 is 10.5 Å². The van der Waals surface area contributed by atoms with E-state index in [0.29, 0.717) is 12.4 Å². The number of rotatable bonds is 4. The van der Waals surface area contributed by atoms with Crippen molar-refractivity contribution in [3.63, 3.8) is 0 Å². The van der Waals surface area contributed by atoms with Crippen LogP contribution in [0.2, 0.25) is 0 Å². The number of aromatic nitrogens is 1. The largest absolute Gasteiger partial charge is 0.384 e. The molecule has 1 aliphatic rings. The molecule has 1 fully saturated rings. The second kappa shape index (κ2) is 5.85. The number of nitrogen functional groups attached to an aromatic ring is 1. The summed E-state index contributed by atoms with van der Waals surface area (Å²) in [6, 6.07) is 3.79. The lowest BCUT2D eigenvalue weighted by Gasteiger charge is -2.21. The Morgan fingerprint density at radius 3 is 2.75 bits per heavy atom. The Kier molecular flexibility index (Phi) is 4.17. The molecule has 88 valence electrons. The van der Waals surface area contributed by atoms with E-state index in [1.807, 2.05) is 12.1 Å². The predicted molar refractivity (Wildman–Crippen MR) is 64.9 cm³/mol. The Balaban J connectivity index is 1.69. The minimum atomic E-state index is 0.566. The smallest absolute Gasteiger partial charge is 0.123 e. The summed E-state index contributed by atoms with van der Waals surface area (Å²) in [7, 11) is 0. The van der Waals surface area contributed by atoms with Crippen LogP contribution in [0.1, 0.15) is 37.7 Å². The molecule has 1 aromatic rings. The van der Waals surface area contributed by atoms with Crippen LogP contribution in [-0.2, 0) is 11.3 Å². The third-order valence-corrected chi connectivity index (χ3v) is 3.19. The maximum Gasteiger partial charge on any atom is 0.123 e. The molecule has 0 spiro atoms. The van der Waals surface area contributed by atoms with Gasteiger partial charge in [0.1, 0.15) is 5.82 Å². The lowest BCUT2D eigenvalue weighted by molar-refractivity contribution is 0.0738. The molecule has 1 saturated carbocycles. The van der Waals surface area contributed by atoms with Crippen molar-refractivity contribution in [3.05, 3.63) is 23.9 Å². The Bertz CT molecular complexity index is 304. The third kappa shape index (κ3) is 3.49. The molecule has 16 heavy (non-hydrogen) atoms. The van der Waals surface area contributed by atoms with Gasteiger partial charge in [0.2, 0.25) is 0 Å². The van der Waals surface area contributed by atoms with E-state index in [9.17, 15) is 0 Å². The number of hydrogen-bond donors (Lipinski definition) is 1. The second-order valence-corrected chi connectivity index (χ2v) is 4.61. The molecule has 0 unspecified atom stereocenters. The molecule has 1 aromatic heterocycles. The zero-order valence-electron chi connectivity index (χ0n) is 9.69. The van der Waals surface area contributed by atoms with Gasteiger partial charge in [-0.05, 0) is 30.4 Å². The molecule has 3 heteroatoms. The van der Waals surface area contributed by atoms with Crippen LogP contribution in [0, 0.1) is 5.92 Å². The monoisotopic (exact) mass is 220 g/mol. The van der Waals surface area contributed by atoms with Crippen molar-refractivity contribution in [1.82, 2.24) is 4.98 Å². The molecule has 2 N–H and O–H groups in total. The van der Waals surface area contributed by atoms with Gasteiger partial charge in [0.15, 0.2) is 0 Å². The molecule has 0 saturated heterocycles. The van der Waals surface area contributed by atoms with Crippen LogP contribution >= 0.6 is 0 Å². The number of nitrogens with zero attached hydrogens (tertiary/aromatic N) is 1. The molecule has 0 atom stereocenters. The molecule has 0 radical (unpaired) electrons. The maximum atomic E-state index is 5.72. The van der Waals surface area contributed by atoms with Gasteiger partial charge >= 0.3 is 0 Å². The van der Waals surface area contributed by atoms with Crippen LogP contribution < -0.4 is 5.73 Å². The fourth-order valence-corrected chi connectivity index (χ4v) is 2.22. The Labute approximate surface area is 97.0 Å². The predicted octanol–water partition coefficient (Wildman–Crippen LogP) is 2.76. The highest BCUT2D eigenvalue weighted by Gasteiger charge is 2.13. The zero-order chi connectivity index (χ0) is 11.2. The van der Waals surface area contributed by atoms with E-state index in [0.717, 1.165) is 18.1 Å². The van der Waals surface area contributed by atoms with Crippen molar-refractivity contribution in [3.8, 4) is 0 Å². The van der Waals surface area contributed by atoms with Crippen molar-refractivity contribution in [2.75, 3.05) is 12.3 Å². The van der Waals surface area contributed by atoms with Crippen LogP contribution in [0.25, 0.3) is 0 Å². The van der Waals surface area contributed by atoms with Gasteiger partial charge in [-0.3, -0.25) is 0 Å². The van der Waals surface area contributed by atoms with Crippen molar-refractivity contribution in [1.29, 1.82) is 0 Å². The van der Waals surface area contributed by atoms with Crippen molar-refractivity contribution in [2.24, 2.45) is 5.92 Å². The summed E-state index contributed by atoms with van der Waals surface area (Å²) in [5, 5.41) is 0. The highest BCUT2D eigenvalue weighted by atomic mass is 16.5. The van der Waals surface area contributed by atoms with Crippen LogP contribution in [0.5, 0.6) is 0 Å². The van der Waals surface area contributed by atoms with E-state index in [-0.39, 0.29) is 0 Å². The molecular formula is C13H20N2O. The van der Waals surface area contributed by atoms with E-state index in [4.69, 9.17) is 10.5 Å². The van der Waals surface area contributed by atoms with E-state index < -0.39 is 0 Å². The number of pyridine rings is 1. The quantitative estimate of drug-likeness (QED) is 0.848. The van der Waals surface area contributed by atoms with Crippen LogP contribution in [0.4, 0.5) is 5.82 Å². The first-order chi connectivity index (χ1) is 7.84. The second-order valence-electron chi connectivity index (χ2n) is 4.61. The summed E-state index contributed by atoms with van der Waals surface area (Å²) < 4.78 is 5.72. The minimum absolute atomic E-state index is 0.566. The molecular weight excluding hydrogens is 200 g/mol. The van der Waals surface area contributed by atoms with E-state index in [1.54, 1.807) is 6.20 Å². The Morgan fingerprint density at radius 1 is 1.25 bits per heavy atom.